The first-order valence-electron chi connectivity index (χ1n) is 6.82. The lowest BCUT2D eigenvalue weighted by molar-refractivity contribution is 0.0426. The molecule has 0 bridgehead atoms. The third-order valence-corrected chi connectivity index (χ3v) is 3.04. The van der Waals surface area contributed by atoms with E-state index in [-0.39, 0.29) is 0 Å². The van der Waals surface area contributed by atoms with E-state index in [1.54, 1.807) is 0 Å². The van der Waals surface area contributed by atoms with Gasteiger partial charge in [-0.15, -0.1) is 0 Å². The Morgan fingerprint density at radius 1 is 1.06 bits per heavy atom. The smallest absolute Gasteiger partial charge is 0.0700 e. The van der Waals surface area contributed by atoms with E-state index in [2.05, 4.69) is 12.2 Å². The first kappa shape index (κ1) is 13.9. The molecule has 0 saturated carbocycles. The molecule has 16 heavy (non-hydrogen) atoms. The van der Waals surface area contributed by atoms with Crippen molar-refractivity contribution in [1.82, 2.24) is 5.32 Å². The summed E-state index contributed by atoms with van der Waals surface area (Å²) in [5.74, 6) is 0. The zero-order valence-corrected chi connectivity index (χ0v) is 10.7. The lowest BCUT2D eigenvalue weighted by Crippen LogP contribution is -2.34. The van der Waals surface area contributed by atoms with E-state index in [1.807, 2.05) is 0 Å². The van der Waals surface area contributed by atoms with Gasteiger partial charge in [-0.25, -0.2) is 0 Å². The minimum atomic E-state index is 0.690. The molecule has 1 rings (SSSR count). The minimum absolute atomic E-state index is 0.690. The molecule has 3 nitrogen and oxygen atoms in total. The largest absolute Gasteiger partial charge is 0.379 e. The summed E-state index contributed by atoms with van der Waals surface area (Å²) in [6.45, 7) is 6.61. The Kier molecular flexibility index (Phi) is 8.77. The van der Waals surface area contributed by atoms with Gasteiger partial charge in [-0.3, -0.25) is 0 Å². The Morgan fingerprint density at radius 3 is 2.56 bits per heavy atom. The molecule has 1 saturated heterocycles. The lowest BCUT2D eigenvalue weighted by atomic mass is 10.0. The molecule has 1 aliphatic heterocycles. The predicted octanol–water partition coefficient (Wildman–Crippen LogP) is 2.35. The van der Waals surface area contributed by atoms with Gasteiger partial charge in [0.2, 0.25) is 0 Å². The van der Waals surface area contributed by atoms with E-state index in [4.69, 9.17) is 9.47 Å². The average Bonchev–Trinajstić information content (AvgIpc) is 2.34. The highest BCUT2D eigenvalue weighted by molar-refractivity contribution is 4.71. The van der Waals surface area contributed by atoms with Crippen LogP contribution in [-0.4, -0.2) is 39.0 Å². The average molecular weight is 229 g/mol. The van der Waals surface area contributed by atoms with E-state index in [9.17, 15) is 0 Å². The second-order valence-electron chi connectivity index (χ2n) is 4.51. The quantitative estimate of drug-likeness (QED) is 0.616. The second-order valence-corrected chi connectivity index (χ2v) is 4.51. The van der Waals surface area contributed by atoms with E-state index < -0.39 is 0 Å². The first-order chi connectivity index (χ1) is 7.93. The zero-order valence-electron chi connectivity index (χ0n) is 10.7. The summed E-state index contributed by atoms with van der Waals surface area (Å²) in [7, 11) is 0. The van der Waals surface area contributed by atoms with Gasteiger partial charge in [-0.05, 0) is 32.2 Å². The van der Waals surface area contributed by atoms with Crippen LogP contribution in [0, 0.1) is 0 Å². The molecular weight excluding hydrogens is 202 g/mol. The number of unbranched alkanes of at least 4 members (excludes halogenated alkanes) is 1. The van der Waals surface area contributed by atoms with Crippen molar-refractivity contribution in [3.05, 3.63) is 0 Å². The van der Waals surface area contributed by atoms with Crippen LogP contribution in [0.25, 0.3) is 0 Å². The fraction of sp³-hybridized carbons (Fsp3) is 1.00. The number of piperidine rings is 1. The summed E-state index contributed by atoms with van der Waals surface area (Å²) >= 11 is 0. The van der Waals surface area contributed by atoms with Crippen molar-refractivity contribution in [2.45, 2.75) is 51.5 Å². The third-order valence-electron chi connectivity index (χ3n) is 3.04. The highest BCUT2D eigenvalue weighted by atomic mass is 16.5. The van der Waals surface area contributed by atoms with Crippen molar-refractivity contribution in [3.63, 3.8) is 0 Å². The van der Waals surface area contributed by atoms with Gasteiger partial charge in [0.25, 0.3) is 0 Å². The zero-order chi connectivity index (χ0) is 11.5. The van der Waals surface area contributed by atoms with Crippen molar-refractivity contribution < 1.29 is 9.47 Å². The van der Waals surface area contributed by atoms with Crippen molar-refractivity contribution in [3.8, 4) is 0 Å². The van der Waals surface area contributed by atoms with Gasteiger partial charge in [0.15, 0.2) is 0 Å². The fourth-order valence-electron chi connectivity index (χ4n) is 1.96. The molecule has 1 aliphatic rings. The van der Waals surface area contributed by atoms with Crippen LogP contribution in [0.3, 0.4) is 0 Å². The summed E-state index contributed by atoms with van der Waals surface area (Å²) < 4.78 is 11.0. The van der Waals surface area contributed by atoms with Crippen LogP contribution in [0.5, 0.6) is 0 Å². The van der Waals surface area contributed by atoms with Gasteiger partial charge >= 0.3 is 0 Å². The van der Waals surface area contributed by atoms with Crippen molar-refractivity contribution >= 4 is 0 Å². The Balaban J connectivity index is 1.77. The normalized spacial score (nSPS) is 21.2. The highest BCUT2D eigenvalue weighted by Crippen LogP contribution is 2.09. The summed E-state index contributed by atoms with van der Waals surface area (Å²) in [4.78, 5) is 0. The number of rotatable bonds is 9. The van der Waals surface area contributed by atoms with Crippen molar-refractivity contribution in [1.29, 1.82) is 0 Å². The van der Waals surface area contributed by atoms with Crippen molar-refractivity contribution in [2.24, 2.45) is 0 Å². The standard InChI is InChI=1S/C13H27NO2/c1-2-3-9-15-11-12-16-10-7-13-6-4-5-8-14-13/h13-14H,2-12H2,1H3. The van der Waals surface area contributed by atoms with E-state index >= 15 is 0 Å². The topological polar surface area (TPSA) is 30.5 Å². The summed E-state index contributed by atoms with van der Waals surface area (Å²) in [5.41, 5.74) is 0. The van der Waals surface area contributed by atoms with Gasteiger partial charge in [-0.2, -0.15) is 0 Å². The van der Waals surface area contributed by atoms with Gasteiger partial charge in [0.05, 0.1) is 13.2 Å². The van der Waals surface area contributed by atoms with Crippen LogP contribution in [0.15, 0.2) is 0 Å². The number of nitrogens with one attached hydrogen (secondary N) is 1. The molecule has 0 aliphatic carbocycles. The van der Waals surface area contributed by atoms with Crippen LogP contribution in [-0.2, 0) is 9.47 Å². The maximum Gasteiger partial charge on any atom is 0.0700 e. The monoisotopic (exact) mass is 229 g/mol. The molecule has 1 N–H and O–H groups in total. The summed E-state index contributed by atoms with van der Waals surface area (Å²) in [6.07, 6.45) is 7.53. The summed E-state index contributed by atoms with van der Waals surface area (Å²) in [6, 6.07) is 0.690. The maximum absolute atomic E-state index is 5.55. The van der Waals surface area contributed by atoms with Crippen LogP contribution < -0.4 is 5.32 Å². The van der Waals surface area contributed by atoms with Crippen LogP contribution in [0.2, 0.25) is 0 Å². The molecule has 96 valence electrons. The van der Waals surface area contributed by atoms with Gasteiger partial charge in [0.1, 0.15) is 0 Å². The Bertz CT molecular complexity index is 147. The fourth-order valence-corrected chi connectivity index (χ4v) is 1.96. The van der Waals surface area contributed by atoms with Gasteiger partial charge < -0.3 is 14.8 Å². The molecule has 0 spiro atoms. The molecule has 0 amide bonds. The number of ether oxygens (including phenoxy) is 2. The molecule has 0 aromatic carbocycles. The molecule has 1 heterocycles. The highest BCUT2D eigenvalue weighted by Gasteiger charge is 2.11. The van der Waals surface area contributed by atoms with Gasteiger partial charge in [-0.1, -0.05) is 19.8 Å². The molecule has 1 fully saturated rings. The van der Waals surface area contributed by atoms with Crippen molar-refractivity contribution in [2.75, 3.05) is 33.0 Å². The van der Waals surface area contributed by atoms with Gasteiger partial charge in [0, 0.05) is 19.3 Å². The van der Waals surface area contributed by atoms with E-state index in [0.29, 0.717) is 6.04 Å². The Hall–Kier alpha value is -0.120. The van der Waals surface area contributed by atoms with E-state index in [0.717, 1.165) is 39.3 Å². The lowest BCUT2D eigenvalue weighted by Gasteiger charge is -2.23. The van der Waals surface area contributed by atoms with Crippen LogP contribution in [0.1, 0.15) is 45.4 Å². The molecule has 3 heteroatoms. The van der Waals surface area contributed by atoms with E-state index in [1.165, 1.54) is 32.2 Å². The number of hydrogen-bond acceptors (Lipinski definition) is 3. The first-order valence-corrected chi connectivity index (χ1v) is 6.82. The Morgan fingerprint density at radius 2 is 1.88 bits per heavy atom. The van der Waals surface area contributed by atoms with Crippen LogP contribution >= 0.6 is 0 Å². The molecule has 0 aromatic rings. The molecule has 1 atom stereocenters. The molecule has 0 radical (unpaired) electrons. The SMILES string of the molecule is CCCCOCCOCCC1CCCCN1. The third kappa shape index (κ3) is 7.20. The predicted molar refractivity (Wildman–Crippen MR) is 66.8 cm³/mol. The molecule has 1 unspecified atom stereocenters. The van der Waals surface area contributed by atoms with Crippen LogP contribution in [0.4, 0.5) is 0 Å². The second kappa shape index (κ2) is 10.1. The minimum Gasteiger partial charge on any atom is -0.379 e. The molecule has 0 aromatic heterocycles. The Labute approximate surface area is 99.9 Å². The summed E-state index contributed by atoms with van der Waals surface area (Å²) in [5, 5.41) is 3.53. The maximum atomic E-state index is 5.55. The number of hydrogen-bond donors (Lipinski definition) is 1. The molecular formula is C13H27NO2.